The first kappa shape index (κ1) is 18.5. The van der Waals surface area contributed by atoms with Gasteiger partial charge in [-0.1, -0.05) is 43.5 Å². The highest BCUT2D eigenvalue weighted by Gasteiger charge is 2.30. The third kappa shape index (κ3) is 4.11. The van der Waals surface area contributed by atoms with Gasteiger partial charge in [0.25, 0.3) is 0 Å². The van der Waals surface area contributed by atoms with Crippen molar-refractivity contribution in [3.05, 3.63) is 96.3 Å². The SMILES string of the molecule is C=Cc1c(C(=C)OCc2ccccc2)cnn1-c1ccc(C(F)(F)F)cc1. The topological polar surface area (TPSA) is 27.1 Å². The van der Waals surface area contributed by atoms with Crippen molar-refractivity contribution >= 4 is 11.8 Å². The van der Waals surface area contributed by atoms with Crippen LogP contribution in [0.2, 0.25) is 0 Å². The first-order valence-corrected chi connectivity index (χ1v) is 8.14. The van der Waals surface area contributed by atoms with Crippen molar-refractivity contribution in [2.75, 3.05) is 0 Å². The highest BCUT2D eigenvalue weighted by atomic mass is 19.4. The molecule has 0 amide bonds. The second kappa shape index (κ2) is 7.53. The fraction of sp³-hybridized carbons (Fsp3) is 0.0952. The lowest BCUT2D eigenvalue weighted by Crippen LogP contribution is -2.06. The quantitative estimate of drug-likeness (QED) is 0.519. The standard InChI is InChI=1S/C21H17F3N2O/c1-3-20-19(15(2)27-14-16-7-5-4-6-8-16)13-25-26(20)18-11-9-17(10-12-18)21(22,23)24/h3-13H,1-2,14H2. The largest absolute Gasteiger partial charge is 0.489 e. The molecule has 0 spiro atoms. The highest BCUT2D eigenvalue weighted by Crippen LogP contribution is 2.30. The van der Waals surface area contributed by atoms with Crippen LogP contribution in [0.15, 0.2) is 74.0 Å². The normalized spacial score (nSPS) is 11.2. The predicted octanol–water partition coefficient (Wildman–Crippen LogP) is 5.72. The van der Waals surface area contributed by atoms with Gasteiger partial charge in [-0.05, 0) is 35.9 Å². The summed E-state index contributed by atoms with van der Waals surface area (Å²) in [7, 11) is 0. The van der Waals surface area contributed by atoms with E-state index in [1.54, 1.807) is 12.3 Å². The van der Waals surface area contributed by atoms with E-state index in [2.05, 4.69) is 18.3 Å². The Hall–Kier alpha value is -3.28. The summed E-state index contributed by atoms with van der Waals surface area (Å²) in [6.07, 6.45) is -1.26. The molecule has 0 aliphatic heterocycles. The molecule has 0 aliphatic carbocycles. The number of rotatable bonds is 6. The molecule has 0 radical (unpaired) electrons. The van der Waals surface area contributed by atoms with Crippen molar-refractivity contribution < 1.29 is 17.9 Å². The average Bonchev–Trinajstić information content (AvgIpc) is 3.10. The van der Waals surface area contributed by atoms with E-state index in [1.807, 2.05) is 30.3 Å². The minimum absolute atomic E-state index is 0.349. The van der Waals surface area contributed by atoms with Gasteiger partial charge in [-0.2, -0.15) is 18.3 Å². The van der Waals surface area contributed by atoms with Crippen LogP contribution in [-0.4, -0.2) is 9.78 Å². The number of ether oxygens (including phenoxy) is 1. The number of hydrogen-bond acceptors (Lipinski definition) is 2. The maximum Gasteiger partial charge on any atom is 0.416 e. The van der Waals surface area contributed by atoms with Crippen LogP contribution in [0.4, 0.5) is 13.2 Å². The summed E-state index contributed by atoms with van der Waals surface area (Å²) < 4.78 is 45.4. The molecule has 0 N–H and O–H groups in total. The molecule has 1 aromatic heterocycles. The predicted molar refractivity (Wildman–Crippen MR) is 98.9 cm³/mol. The van der Waals surface area contributed by atoms with Crippen LogP contribution in [-0.2, 0) is 17.5 Å². The second-order valence-corrected chi connectivity index (χ2v) is 5.80. The Balaban J connectivity index is 1.82. The van der Waals surface area contributed by atoms with Gasteiger partial charge in [0.1, 0.15) is 12.4 Å². The Morgan fingerprint density at radius 3 is 2.33 bits per heavy atom. The molecule has 1 heterocycles. The fourth-order valence-corrected chi connectivity index (χ4v) is 2.59. The van der Waals surface area contributed by atoms with Gasteiger partial charge < -0.3 is 4.74 Å². The van der Waals surface area contributed by atoms with Crippen molar-refractivity contribution in [1.29, 1.82) is 0 Å². The van der Waals surface area contributed by atoms with Gasteiger partial charge >= 0.3 is 6.18 Å². The van der Waals surface area contributed by atoms with Gasteiger partial charge in [0.05, 0.1) is 28.7 Å². The molecule has 6 heteroatoms. The van der Waals surface area contributed by atoms with Crippen LogP contribution in [0, 0.1) is 0 Å². The molecule has 0 fully saturated rings. The van der Waals surface area contributed by atoms with Crippen LogP contribution in [0.25, 0.3) is 17.5 Å². The molecule has 3 aromatic rings. The van der Waals surface area contributed by atoms with Crippen molar-refractivity contribution in [3.63, 3.8) is 0 Å². The summed E-state index contributed by atoms with van der Waals surface area (Å²) in [5.41, 5.74) is 1.98. The summed E-state index contributed by atoms with van der Waals surface area (Å²) in [6.45, 7) is 8.05. The summed E-state index contributed by atoms with van der Waals surface area (Å²) in [5.74, 6) is 0.409. The Kier molecular flexibility index (Phi) is 5.16. The third-order valence-electron chi connectivity index (χ3n) is 4.00. The van der Waals surface area contributed by atoms with Gasteiger partial charge in [-0.25, -0.2) is 4.68 Å². The zero-order valence-corrected chi connectivity index (χ0v) is 14.4. The first-order valence-electron chi connectivity index (χ1n) is 8.14. The van der Waals surface area contributed by atoms with Crippen LogP contribution in [0.1, 0.15) is 22.4 Å². The van der Waals surface area contributed by atoms with E-state index in [4.69, 9.17) is 4.74 Å². The lowest BCUT2D eigenvalue weighted by molar-refractivity contribution is -0.137. The van der Waals surface area contributed by atoms with Gasteiger partial charge in [0.15, 0.2) is 0 Å². The van der Waals surface area contributed by atoms with Crippen LogP contribution in [0.5, 0.6) is 0 Å². The summed E-state index contributed by atoms with van der Waals surface area (Å²) in [4.78, 5) is 0. The van der Waals surface area contributed by atoms with Crippen molar-refractivity contribution in [3.8, 4) is 5.69 Å². The average molecular weight is 370 g/mol. The second-order valence-electron chi connectivity index (χ2n) is 5.80. The first-order chi connectivity index (χ1) is 12.9. The maximum absolute atomic E-state index is 12.7. The molecule has 3 nitrogen and oxygen atoms in total. The number of benzene rings is 2. The van der Waals surface area contributed by atoms with Crippen LogP contribution in [0.3, 0.4) is 0 Å². The van der Waals surface area contributed by atoms with Crippen LogP contribution < -0.4 is 0 Å². The highest BCUT2D eigenvalue weighted by molar-refractivity contribution is 5.67. The number of halogens is 3. The molecule has 3 rings (SSSR count). The fourth-order valence-electron chi connectivity index (χ4n) is 2.59. The van der Waals surface area contributed by atoms with E-state index in [0.29, 0.717) is 29.3 Å². The van der Waals surface area contributed by atoms with Crippen LogP contribution >= 0.6 is 0 Å². The number of alkyl halides is 3. The molecule has 0 saturated heterocycles. The van der Waals surface area contributed by atoms with E-state index < -0.39 is 11.7 Å². The molecule has 0 bridgehead atoms. The minimum atomic E-state index is -4.38. The van der Waals surface area contributed by atoms with E-state index in [1.165, 1.54) is 16.8 Å². The number of nitrogens with zero attached hydrogens (tertiary/aromatic N) is 2. The zero-order valence-electron chi connectivity index (χ0n) is 14.4. The number of aromatic nitrogens is 2. The van der Waals surface area contributed by atoms with Gasteiger partial charge in [0.2, 0.25) is 0 Å². The van der Waals surface area contributed by atoms with E-state index >= 15 is 0 Å². The Labute approximate surface area is 155 Å². The molecule has 2 aromatic carbocycles. The van der Waals surface area contributed by atoms with Gasteiger partial charge in [-0.3, -0.25) is 0 Å². The van der Waals surface area contributed by atoms with Crippen molar-refractivity contribution in [2.24, 2.45) is 0 Å². The summed E-state index contributed by atoms with van der Waals surface area (Å²) >= 11 is 0. The van der Waals surface area contributed by atoms with Gasteiger partial charge in [0, 0.05) is 0 Å². The van der Waals surface area contributed by atoms with E-state index in [-0.39, 0.29) is 0 Å². The Bertz CT molecular complexity index is 942. The molecule has 0 unspecified atom stereocenters. The van der Waals surface area contributed by atoms with Gasteiger partial charge in [-0.15, -0.1) is 0 Å². The summed E-state index contributed by atoms with van der Waals surface area (Å²) in [5, 5.41) is 4.25. The number of hydrogen-bond donors (Lipinski definition) is 0. The Morgan fingerprint density at radius 1 is 1.07 bits per heavy atom. The maximum atomic E-state index is 12.7. The smallest absolute Gasteiger partial charge is 0.416 e. The lowest BCUT2D eigenvalue weighted by atomic mass is 10.2. The Morgan fingerprint density at radius 2 is 1.74 bits per heavy atom. The minimum Gasteiger partial charge on any atom is -0.489 e. The molecule has 0 aliphatic rings. The molecular weight excluding hydrogens is 353 g/mol. The van der Waals surface area contributed by atoms with Crippen molar-refractivity contribution in [1.82, 2.24) is 9.78 Å². The molecule has 0 atom stereocenters. The third-order valence-corrected chi connectivity index (χ3v) is 4.00. The molecular formula is C21H17F3N2O. The lowest BCUT2D eigenvalue weighted by Gasteiger charge is -2.11. The zero-order chi connectivity index (χ0) is 19.4. The molecule has 27 heavy (non-hydrogen) atoms. The molecule has 0 saturated carbocycles. The van der Waals surface area contributed by atoms with Crippen molar-refractivity contribution in [2.45, 2.75) is 12.8 Å². The molecule has 138 valence electrons. The van der Waals surface area contributed by atoms with E-state index in [0.717, 1.165) is 17.7 Å². The summed E-state index contributed by atoms with van der Waals surface area (Å²) in [6, 6.07) is 14.4. The monoisotopic (exact) mass is 370 g/mol. The van der Waals surface area contributed by atoms with E-state index in [9.17, 15) is 13.2 Å².